The first-order valence-electron chi connectivity index (χ1n) is 4.84. The molecule has 3 N–H and O–H groups in total. The maximum Gasteiger partial charge on any atom is 0.133 e. The number of anilines is 1. The van der Waals surface area contributed by atoms with E-state index in [4.69, 9.17) is 22.7 Å². The summed E-state index contributed by atoms with van der Waals surface area (Å²) in [6, 6.07) is 9.33. The summed E-state index contributed by atoms with van der Waals surface area (Å²) in [5.74, 6) is 0.377. The highest BCUT2D eigenvalue weighted by molar-refractivity contribution is 14.1. The number of nitrogens with zero attached hydrogens (tertiary/aromatic N) is 1. The predicted octanol–water partition coefficient (Wildman–Crippen LogP) is 3.74. The molecule has 5 heteroatoms. The summed E-state index contributed by atoms with van der Waals surface area (Å²) in [5, 5.41) is 8.31. The minimum Gasteiger partial charge on any atom is -0.383 e. The molecule has 0 amide bonds. The second-order valence-electron chi connectivity index (χ2n) is 3.48. The van der Waals surface area contributed by atoms with E-state index in [1.54, 1.807) is 6.20 Å². The highest BCUT2D eigenvalue weighted by atomic mass is 127. The molecule has 2 rings (SSSR count). The number of hydrogen-bond acceptors (Lipinski definition) is 3. The Morgan fingerprint density at radius 2 is 1.88 bits per heavy atom. The first-order valence-corrected chi connectivity index (χ1v) is 6.29. The van der Waals surface area contributed by atoms with Gasteiger partial charge in [0.2, 0.25) is 0 Å². The number of nitrogen functional groups attached to an aromatic ring is 1. The van der Waals surface area contributed by atoms with Gasteiger partial charge in [0.1, 0.15) is 9.54 Å². The van der Waals surface area contributed by atoms with Gasteiger partial charge in [-0.1, -0.05) is 23.7 Å². The average Bonchev–Trinajstić information content (AvgIpc) is 2.30. The summed E-state index contributed by atoms with van der Waals surface area (Å²) >= 11 is 7.75. The number of aromatic nitrogens is 1. The minimum atomic E-state index is 0.377. The summed E-state index contributed by atoms with van der Waals surface area (Å²) in [5.41, 5.74) is 8.29. The number of halogens is 2. The maximum absolute atomic E-state index is 7.62. The van der Waals surface area contributed by atoms with Crippen molar-refractivity contribution < 1.29 is 0 Å². The Hall–Kier alpha value is -1.14. The molecule has 0 unspecified atom stereocenters. The Labute approximate surface area is 118 Å². The molecule has 0 aliphatic carbocycles. The quantitative estimate of drug-likeness (QED) is 0.635. The first-order chi connectivity index (χ1) is 8.08. The molecular weight excluding hydrogens is 349 g/mol. The molecule has 0 spiro atoms. The van der Waals surface area contributed by atoms with Crippen molar-refractivity contribution >= 4 is 43.7 Å². The van der Waals surface area contributed by atoms with Gasteiger partial charge in [-0.05, 0) is 46.4 Å². The van der Waals surface area contributed by atoms with Gasteiger partial charge in [0.15, 0.2) is 0 Å². The van der Waals surface area contributed by atoms with Crippen LogP contribution in [0.25, 0.3) is 11.1 Å². The summed E-state index contributed by atoms with van der Waals surface area (Å²) in [4.78, 5) is 4.10. The second-order valence-corrected chi connectivity index (χ2v) is 4.99. The third-order valence-corrected chi connectivity index (χ3v) is 3.17. The van der Waals surface area contributed by atoms with E-state index in [9.17, 15) is 0 Å². The number of rotatable bonds is 2. The van der Waals surface area contributed by atoms with Gasteiger partial charge in [-0.25, -0.2) is 4.98 Å². The van der Waals surface area contributed by atoms with Crippen molar-refractivity contribution in [2.24, 2.45) is 0 Å². The third kappa shape index (κ3) is 2.76. The van der Waals surface area contributed by atoms with E-state index in [0.717, 1.165) is 11.1 Å². The van der Waals surface area contributed by atoms with E-state index in [1.807, 2.05) is 52.9 Å². The van der Waals surface area contributed by atoms with Gasteiger partial charge in [0.05, 0.1) is 0 Å². The highest BCUT2D eigenvalue weighted by Gasteiger charge is 2.07. The van der Waals surface area contributed by atoms with Crippen LogP contribution >= 0.6 is 34.2 Å². The molecule has 1 aromatic carbocycles. The zero-order valence-electron chi connectivity index (χ0n) is 8.74. The Kier molecular flexibility index (Phi) is 3.63. The van der Waals surface area contributed by atoms with Crippen LogP contribution in [0.5, 0.6) is 0 Å². The minimum absolute atomic E-state index is 0.377. The van der Waals surface area contributed by atoms with Crippen LogP contribution in [0.3, 0.4) is 0 Å². The summed E-state index contributed by atoms with van der Waals surface area (Å²) in [6.07, 6.45) is 1.70. The van der Waals surface area contributed by atoms with Gasteiger partial charge in [0.25, 0.3) is 0 Å². The van der Waals surface area contributed by atoms with Crippen LogP contribution in [-0.2, 0) is 0 Å². The van der Waals surface area contributed by atoms with Crippen LogP contribution in [0.4, 0.5) is 5.82 Å². The van der Waals surface area contributed by atoms with Gasteiger partial charge < -0.3 is 5.73 Å². The standard InChI is InChI=1S/C12H9ClIN3/c13-9-3-1-7(2-4-9)8-5-10(11(14)15)12(16)17-6-8/h1-6,15H,(H2,16,17). The molecule has 1 aromatic heterocycles. The molecular formula is C12H9ClIN3. The lowest BCUT2D eigenvalue weighted by atomic mass is 10.1. The Morgan fingerprint density at radius 3 is 2.47 bits per heavy atom. The van der Waals surface area contributed by atoms with Crippen LogP contribution < -0.4 is 5.73 Å². The largest absolute Gasteiger partial charge is 0.383 e. The van der Waals surface area contributed by atoms with Crippen molar-refractivity contribution in [1.82, 2.24) is 4.98 Å². The van der Waals surface area contributed by atoms with E-state index >= 15 is 0 Å². The molecule has 2 aromatic rings. The second kappa shape index (κ2) is 5.01. The number of nitrogens with one attached hydrogen (secondary N) is 1. The molecule has 0 atom stereocenters. The Bertz CT molecular complexity index is 566. The third-order valence-electron chi connectivity index (χ3n) is 2.33. The van der Waals surface area contributed by atoms with Crippen molar-refractivity contribution in [2.75, 3.05) is 5.73 Å². The fourth-order valence-electron chi connectivity index (χ4n) is 1.45. The SMILES string of the molecule is N=C(I)c1cc(-c2ccc(Cl)cc2)cnc1N. The first kappa shape index (κ1) is 12.3. The summed E-state index contributed by atoms with van der Waals surface area (Å²) in [6.45, 7) is 0. The molecule has 0 aliphatic heterocycles. The highest BCUT2D eigenvalue weighted by Crippen LogP contribution is 2.24. The van der Waals surface area contributed by atoms with Gasteiger partial charge in [-0.3, -0.25) is 5.41 Å². The monoisotopic (exact) mass is 357 g/mol. The molecule has 0 saturated heterocycles. The van der Waals surface area contributed by atoms with Crippen LogP contribution in [0.2, 0.25) is 5.02 Å². The van der Waals surface area contributed by atoms with Crippen LogP contribution in [0, 0.1) is 5.41 Å². The van der Waals surface area contributed by atoms with Crippen molar-refractivity contribution in [3.05, 3.63) is 47.1 Å². The summed E-state index contributed by atoms with van der Waals surface area (Å²) in [7, 11) is 0. The average molecular weight is 358 g/mol. The number of pyridine rings is 1. The Balaban J connectivity index is 2.50. The lowest BCUT2D eigenvalue weighted by Gasteiger charge is -2.06. The van der Waals surface area contributed by atoms with Crippen molar-refractivity contribution in [3.8, 4) is 11.1 Å². The zero-order valence-corrected chi connectivity index (χ0v) is 11.7. The Morgan fingerprint density at radius 1 is 1.24 bits per heavy atom. The molecule has 86 valence electrons. The molecule has 0 aliphatic rings. The maximum atomic E-state index is 7.62. The smallest absolute Gasteiger partial charge is 0.133 e. The van der Waals surface area contributed by atoms with E-state index in [2.05, 4.69) is 4.98 Å². The zero-order chi connectivity index (χ0) is 12.4. The van der Waals surface area contributed by atoms with Crippen molar-refractivity contribution in [3.63, 3.8) is 0 Å². The number of benzene rings is 1. The van der Waals surface area contributed by atoms with E-state index < -0.39 is 0 Å². The van der Waals surface area contributed by atoms with Gasteiger partial charge in [-0.15, -0.1) is 0 Å². The molecule has 0 fully saturated rings. The van der Waals surface area contributed by atoms with Crippen LogP contribution in [0.15, 0.2) is 36.5 Å². The molecule has 17 heavy (non-hydrogen) atoms. The van der Waals surface area contributed by atoms with Crippen LogP contribution in [0.1, 0.15) is 5.56 Å². The lowest BCUT2D eigenvalue weighted by Crippen LogP contribution is -2.00. The number of hydrogen-bond donors (Lipinski definition) is 2. The van der Waals surface area contributed by atoms with Gasteiger partial charge in [-0.2, -0.15) is 0 Å². The van der Waals surface area contributed by atoms with E-state index in [1.165, 1.54) is 0 Å². The van der Waals surface area contributed by atoms with Crippen LogP contribution in [-0.4, -0.2) is 8.70 Å². The van der Waals surface area contributed by atoms with Crippen molar-refractivity contribution in [1.29, 1.82) is 5.41 Å². The van der Waals surface area contributed by atoms with Crippen molar-refractivity contribution in [2.45, 2.75) is 0 Å². The topological polar surface area (TPSA) is 62.8 Å². The fraction of sp³-hybridized carbons (Fsp3) is 0. The van der Waals surface area contributed by atoms with Gasteiger partial charge in [0, 0.05) is 22.3 Å². The van der Waals surface area contributed by atoms with Gasteiger partial charge >= 0.3 is 0 Å². The lowest BCUT2D eigenvalue weighted by molar-refractivity contribution is 1.32. The summed E-state index contributed by atoms with van der Waals surface area (Å²) < 4.78 is 0.378. The molecule has 0 radical (unpaired) electrons. The molecule has 0 saturated carbocycles. The fourth-order valence-corrected chi connectivity index (χ4v) is 2.01. The molecule has 3 nitrogen and oxygen atoms in total. The van der Waals surface area contributed by atoms with E-state index in [0.29, 0.717) is 20.1 Å². The number of nitrogens with two attached hydrogens (primary N) is 1. The molecule has 1 heterocycles. The predicted molar refractivity (Wildman–Crippen MR) is 79.9 cm³/mol. The van der Waals surface area contributed by atoms with E-state index in [-0.39, 0.29) is 0 Å². The molecule has 0 bridgehead atoms. The normalized spacial score (nSPS) is 10.2.